The average Bonchev–Trinajstić information content (AvgIpc) is 3.05. The van der Waals surface area contributed by atoms with Gasteiger partial charge >= 0.3 is 6.03 Å². The number of carbonyl (C=O) groups is 2. The third kappa shape index (κ3) is 5.32. The summed E-state index contributed by atoms with van der Waals surface area (Å²) >= 11 is 0. The zero-order valence-electron chi connectivity index (χ0n) is 14.2. The smallest absolute Gasteiger partial charge is 0.322 e. The normalized spacial score (nSPS) is 10.7. The van der Waals surface area contributed by atoms with Gasteiger partial charge in [-0.05, 0) is 44.4 Å². The van der Waals surface area contributed by atoms with Gasteiger partial charge in [0.05, 0.1) is 18.5 Å². The molecule has 0 aliphatic carbocycles. The van der Waals surface area contributed by atoms with Crippen LogP contribution in [0.2, 0.25) is 0 Å². The molecule has 2 rings (SSSR count). The van der Waals surface area contributed by atoms with Crippen molar-refractivity contribution in [1.82, 2.24) is 9.80 Å². The van der Waals surface area contributed by atoms with Crippen molar-refractivity contribution in [3.8, 4) is 0 Å². The maximum absolute atomic E-state index is 14.1. The van der Waals surface area contributed by atoms with Gasteiger partial charge in [-0.25, -0.2) is 9.18 Å². The number of benzene rings is 1. The number of carbonyl (C=O) groups excluding carboxylic acids is 2. The number of likely N-dealkylation sites (N-methyl/N-ethyl adjacent to an activating group) is 1. The van der Waals surface area contributed by atoms with Crippen molar-refractivity contribution >= 4 is 17.6 Å². The van der Waals surface area contributed by atoms with Crippen molar-refractivity contribution in [1.29, 1.82) is 0 Å². The van der Waals surface area contributed by atoms with Crippen molar-refractivity contribution in [3.63, 3.8) is 0 Å². The van der Waals surface area contributed by atoms with Gasteiger partial charge in [-0.1, -0.05) is 0 Å². The molecule has 2 aromatic rings. The molecule has 7 nitrogen and oxygen atoms in total. The second-order valence-electron chi connectivity index (χ2n) is 5.79. The molecule has 25 heavy (non-hydrogen) atoms. The summed E-state index contributed by atoms with van der Waals surface area (Å²) in [5.74, 6) is -0.837. The summed E-state index contributed by atoms with van der Waals surface area (Å²) in [5, 5.41) is 2.51. The lowest BCUT2D eigenvalue weighted by Crippen LogP contribution is -2.39. The Morgan fingerprint density at radius 2 is 2.00 bits per heavy atom. The molecule has 0 saturated carbocycles. The number of nitrogens with one attached hydrogen (secondary N) is 1. The van der Waals surface area contributed by atoms with Crippen molar-refractivity contribution in [2.24, 2.45) is 5.73 Å². The molecule has 0 saturated heterocycles. The zero-order valence-corrected chi connectivity index (χ0v) is 14.2. The number of hydrogen-bond acceptors (Lipinski definition) is 4. The van der Waals surface area contributed by atoms with Crippen LogP contribution < -0.4 is 11.1 Å². The van der Waals surface area contributed by atoms with Crippen molar-refractivity contribution in [2.75, 3.05) is 32.5 Å². The van der Waals surface area contributed by atoms with E-state index in [4.69, 9.17) is 10.2 Å². The summed E-state index contributed by atoms with van der Waals surface area (Å²) in [6.45, 7) is 1.32. The molecule has 0 unspecified atom stereocenters. The lowest BCUT2D eigenvalue weighted by molar-refractivity contribution is 0.1000. The molecule has 1 aromatic heterocycles. The van der Waals surface area contributed by atoms with E-state index in [2.05, 4.69) is 5.32 Å². The largest absolute Gasteiger partial charge is 0.467 e. The lowest BCUT2D eigenvalue weighted by atomic mass is 10.2. The van der Waals surface area contributed by atoms with Crippen LogP contribution in [0.5, 0.6) is 0 Å². The highest BCUT2D eigenvalue weighted by molar-refractivity contribution is 5.94. The molecule has 0 aliphatic rings. The van der Waals surface area contributed by atoms with E-state index < -0.39 is 17.8 Å². The summed E-state index contributed by atoms with van der Waals surface area (Å²) in [7, 11) is 3.79. The number of furan rings is 1. The van der Waals surface area contributed by atoms with E-state index in [1.165, 1.54) is 23.3 Å². The molecule has 0 aliphatic heterocycles. The van der Waals surface area contributed by atoms with Gasteiger partial charge in [0.25, 0.3) is 0 Å². The Kier molecular flexibility index (Phi) is 6.13. The maximum Gasteiger partial charge on any atom is 0.322 e. The molecule has 1 aromatic carbocycles. The Labute approximate surface area is 145 Å². The van der Waals surface area contributed by atoms with Gasteiger partial charge in [0, 0.05) is 18.7 Å². The fourth-order valence-corrected chi connectivity index (χ4v) is 2.13. The minimum atomic E-state index is -0.734. The van der Waals surface area contributed by atoms with Crippen molar-refractivity contribution < 1.29 is 18.4 Å². The van der Waals surface area contributed by atoms with Crippen LogP contribution in [0.4, 0.5) is 14.9 Å². The summed E-state index contributed by atoms with van der Waals surface area (Å²) in [5.41, 5.74) is 5.12. The van der Waals surface area contributed by atoms with E-state index in [0.717, 1.165) is 6.07 Å². The first-order valence-corrected chi connectivity index (χ1v) is 7.69. The number of halogens is 1. The second kappa shape index (κ2) is 8.29. The Balaban J connectivity index is 2.11. The standard InChI is InChI=1S/C17H21FN4O3/c1-21(2)7-8-22(11-13-4-3-9-25-13)17(24)20-15-6-5-12(16(19)23)10-14(15)18/h3-6,9-10H,7-8,11H2,1-2H3,(H2,19,23)(H,20,24). The molecule has 134 valence electrons. The van der Waals surface area contributed by atoms with Gasteiger partial charge in [0.1, 0.15) is 11.6 Å². The summed E-state index contributed by atoms with van der Waals surface area (Å²) in [6, 6.07) is 6.69. The number of rotatable bonds is 7. The predicted octanol–water partition coefficient (Wildman–Crippen LogP) is 2.11. The second-order valence-corrected chi connectivity index (χ2v) is 5.79. The topological polar surface area (TPSA) is 91.8 Å². The van der Waals surface area contributed by atoms with Crippen LogP contribution in [-0.4, -0.2) is 48.9 Å². The Bertz CT molecular complexity index is 731. The monoisotopic (exact) mass is 348 g/mol. The van der Waals surface area contributed by atoms with Gasteiger partial charge in [0.15, 0.2) is 0 Å². The van der Waals surface area contributed by atoms with Crippen LogP contribution in [0.25, 0.3) is 0 Å². The highest BCUT2D eigenvalue weighted by Crippen LogP contribution is 2.17. The number of primary amides is 1. The molecular weight excluding hydrogens is 327 g/mol. The van der Waals surface area contributed by atoms with Crippen molar-refractivity contribution in [2.45, 2.75) is 6.54 Å². The third-order valence-corrected chi connectivity index (χ3v) is 3.53. The van der Waals surface area contributed by atoms with Crippen LogP contribution in [0.1, 0.15) is 16.1 Å². The highest BCUT2D eigenvalue weighted by Gasteiger charge is 2.17. The van der Waals surface area contributed by atoms with E-state index in [-0.39, 0.29) is 17.8 Å². The molecular formula is C17H21FN4O3. The molecule has 3 N–H and O–H groups in total. The molecule has 3 amide bonds. The molecule has 0 bridgehead atoms. The first-order chi connectivity index (χ1) is 11.9. The number of hydrogen-bond donors (Lipinski definition) is 2. The van der Waals surface area contributed by atoms with Crippen molar-refractivity contribution in [3.05, 3.63) is 53.7 Å². The first kappa shape index (κ1) is 18.5. The molecule has 0 radical (unpaired) electrons. The Morgan fingerprint density at radius 3 is 2.56 bits per heavy atom. The van der Waals surface area contributed by atoms with E-state index >= 15 is 0 Å². The minimum absolute atomic E-state index is 0.0238. The summed E-state index contributed by atoms with van der Waals surface area (Å²) in [4.78, 5) is 27.0. The molecule has 0 spiro atoms. The van der Waals surface area contributed by atoms with E-state index in [1.807, 2.05) is 19.0 Å². The lowest BCUT2D eigenvalue weighted by Gasteiger charge is -2.24. The SMILES string of the molecule is CN(C)CCN(Cc1ccco1)C(=O)Nc1ccc(C(N)=O)cc1F. The van der Waals surface area contributed by atoms with Crippen LogP contribution >= 0.6 is 0 Å². The van der Waals surface area contributed by atoms with Crippen LogP contribution in [0.15, 0.2) is 41.0 Å². The summed E-state index contributed by atoms with van der Waals surface area (Å²) in [6.07, 6.45) is 1.53. The Hall–Kier alpha value is -2.87. The van der Waals surface area contributed by atoms with Gasteiger partial charge in [0.2, 0.25) is 5.91 Å². The van der Waals surface area contributed by atoms with Gasteiger partial charge < -0.3 is 25.3 Å². The van der Waals surface area contributed by atoms with Gasteiger partial charge in [-0.2, -0.15) is 0 Å². The first-order valence-electron chi connectivity index (χ1n) is 7.69. The van der Waals surface area contributed by atoms with Gasteiger partial charge in [-0.3, -0.25) is 4.79 Å². The maximum atomic E-state index is 14.1. The Morgan fingerprint density at radius 1 is 1.24 bits per heavy atom. The van der Waals surface area contributed by atoms with Crippen LogP contribution in [0.3, 0.4) is 0 Å². The number of nitrogens with zero attached hydrogens (tertiary/aromatic N) is 2. The summed E-state index contributed by atoms with van der Waals surface area (Å²) < 4.78 is 19.3. The fourth-order valence-electron chi connectivity index (χ4n) is 2.13. The fraction of sp³-hybridized carbons (Fsp3) is 0.294. The molecule has 1 heterocycles. The number of urea groups is 1. The quantitative estimate of drug-likeness (QED) is 0.802. The number of nitrogens with two attached hydrogens (primary N) is 1. The van der Waals surface area contributed by atoms with Crippen LogP contribution in [-0.2, 0) is 6.54 Å². The third-order valence-electron chi connectivity index (χ3n) is 3.53. The van der Waals surface area contributed by atoms with E-state index in [9.17, 15) is 14.0 Å². The van der Waals surface area contributed by atoms with E-state index in [0.29, 0.717) is 18.8 Å². The van der Waals surface area contributed by atoms with Gasteiger partial charge in [-0.15, -0.1) is 0 Å². The highest BCUT2D eigenvalue weighted by atomic mass is 19.1. The molecule has 0 fully saturated rings. The van der Waals surface area contributed by atoms with E-state index in [1.54, 1.807) is 12.1 Å². The number of amides is 3. The molecule has 0 atom stereocenters. The van der Waals surface area contributed by atoms with Crippen LogP contribution in [0, 0.1) is 5.82 Å². The minimum Gasteiger partial charge on any atom is -0.467 e. The predicted molar refractivity (Wildman–Crippen MR) is 91.6 cm³/mol. The molecule has 8 heteroatoms. The number of anilines is 1. The zero-order chi connectivity index (χ0) is 18.4. The average molecular weight is 348 g/mol.